The molecule has 1 aliphatic heterocycles. The molecule has 3 amide bonds. The van der Waals surface area contributed by atoms with Gasteiger partial charge in [-0.25, -0.2) is 0 Å². The molecule has 0 bridgehead atoms. The first-order valence-corrected chi connectivity index (χ1v) is 11.8. The molecule has 0 aromatic heterocycles. The quantitative estimate of drug-likeness (QED) is 0.315. The summed E-state index contributed by atoms with van der Waals surface area (Å²) in [6.07, 6.45) is 0. The lowest BCUT2D eigenvalue weighted by atomic mass is 9.94. The minimum absolute atomic E-state index is 0.0794. The van der Waals surface area contributed by atoms with Gasteiger partial charge in [-0.15, -0.1) is 0 Å². The van der Waals surface area contributed by atoms with Crippen molar-refractivity contribution < 1.29 is 14.4 Å². The monoisotopic (exact) mass is 512 g/mol. The number of imide groups is 1. The normalized spacial score (nSPS) is 12.8. The highest BCUT2D eigenvalue weighted by molar-refractivity contribution is 9.10. The van der Waals surface area contributed by atoms with E-state index in [0.29, 0.717) is 27.8 Å². The van der Waals surface area contributed by atoms with Crippen molar-refractivity contribution in [1.29, 1.82) is 0 Å². The molecule has 0 radical (unpaired) electrons. The van der Waals surface area contributed by atoms with Gasteiger partial charge in [-0.3, -0.25) is 19.3 Å². The number of amides is 3. The summed E-state index contributed by atoms with van der Waals surface area (Å²) in [7, 11) is 0. The molecule has 5 nitrogen and oxygen atoms in total. The summed E-state index contributed by atoms with van der Waals surface area (Å²) in [6.45, 7) is 2.22. The Balaban J connectivity index is 1.47. The third-order valence-electron chi connectivity index (χ3n) is 6.10. The first-order valence-electron chi connectivity index (χ1n) is 11.0. The smallest absolute Gasteiger partial charge is 0.261 e. The van der Waals surface area contributed by atoms with Gasteiger partial charge in [0.25, 0.3) is 17.7 Å². The molecule has 0 atom stereocenters. The number of hydrogen-bond acceptors (Lipinski definition) is 3. The van der Waals surface area contributed by atoms with Crippen LogP contribution in [0.4, 0.5) is 5.69 Å². The van der Waals surface area contributed by atoms with Gasteiger partial charge in [0.1, 0.15) is 0 Å². The largest absolute Gasteiger partial charge is 0.307 e. The number of nitrogens with zero attached hydrogens (tertiary/aromatic N) is 2. The maximum absolute atomic E-state index is 13.4. The van der Waals surface area contributed by atoms with E-state index in [9.17, 15) is 14.4 Å². The van der Waals surface area contributed by atoms with Crippen molar-refractivity contribution in [3.63, 3.8) is 0 Å². The standard InChI is InChI=1S/C28H21BrN2O3/c1-18-10-12-19(13-11-18)26(32)30(20-6-3-2-4-7-20)16-17-31-27(33)22-9-5-8-21-24(29)15-14-23(25(21)22)28(31)34/h2-15H,16-17H2,1H3. The zero-order valence-electron chi connectivity index (χ0n) is 18.5. The minimum atomic E-state index is -0.350. The second-order valence-corrected chi connectivity index (χ2v) is 9.10. The fourth-order valence-electron chi connectivity index (χ4n) is 4.32. The number of halogens is 1. The van der Waals surface area contributed by atoms with E-state index in [1.807, 2.05) is 67.6 Å². The van der Waals surface area contributed by atoms with Crippen LogP contribution in [0.3, 0.4) is 0 Å². The van der Waals surface area contributed by atoms with Gasteiger partial charge in [0.05, 0.1) is 0 Å². The van der Waals surface area contributed by atoms with Crippen LogP contribution in [-0.4, -0.2) is 35.7 Å². The van der Waals surface area contributed by atoms with E-state index in [4.69, 9.17) is 0 Å². The number of carbonyl (C=O) groups excluding carboxylic acids is 3. The van der Waals surface area contributed by atoms with Crippen molar-refractivity contribution in [2.24, 2.45) is 0 Å². The third-order valence-corrected chi connectivity index (χ3v) is 6.79. The van der Waals surface area contributed by atoms with Crippen LogP contribution in [0.15, 0.2) is 89.4 Å². The molecule has 4 aromatic carbocycles. The van der Waals surface area contributed by atoms with Crippen LogP contribution >= 0.6 is 15.9 Å². The van der Waals surface area contributed by atoms with Crippen LogP contribution < -0.4 is 4.90 Å². The van der Waals surface area contributed by atoms with E-state index < -0.39 is 0 Å². The Labute approximate surface area is 205 Å². The fourth-order valence-corrected chi connectivity index (χ4v) is 4.78. The van der Waals surface area contributed by atoms with Gasteiger partial charge in [-0.2, -0.15) is 0 Å². The molecule has 168 valence electrons. The average Bonchev–Trinajstić information content (AvgIpc) is 2.86. The summed E-state index contributed by atoms with van der Waals surface area (Å²) < 4.78 is 0.834. The Morgan fingerprint density at radius 3 is 2.21 bits per heavy atom. The van der Waals surface area contributed by atoms with E-state index in [-0.39, 0.29) is 30.8 Å². The molecule has 4 aromatic rings. The summed E-state index contributed by atoms with van der Waals surface area (Å²) in [4.78, 5) is 42.9. The van der Waals surface area contributed by atoms with Gasteiger partial charge < -0.3 is 4.90 Å². The van der Waals surface area contributed by atoms with Crippen LogP contribution in [0.25, 0.3) is 10.8 Å². The molecule has 0 saturated carbocycles. The van der Waals surface area contributed by atoms with E-state index in [2.05, 4.69) is 15.9 Å². The first-order chi connectivity index (χ1) is 16.5. The first kappa shape index (κ1) is 22.0. The predicted octanol–water partition coefficient (Wildman–Crippen LogP) is 5.85. The van der Waals surface area contributed by atoms with E-state index in [1.165, 1.54) is 4.90 Å². The summed E-state index contributed by atoms with van der Waals surface area (Å²) >= 11 is 3.51. The van der Waals surface area contributed by atoms with E-state index in [1.54, 1.807) is 29.2 Å². The lowest BCUT2D eigenvalue weighted by Crippen LogP contribution is -2.46. The fraction of sp³-hybridized carbons (Fsp3) is 0.107. The molecule has 0 saturated heterocycles. The molecule has 5 rings (SSSR count). The van der Waals surface area contributed by atoms with Crippen molar-refractivity contribution in [1.82, 2.24) is 4.90 Å². The van der Waals surface area contributed by atoms with Crippen LogP contribution in [-0.2, 0) is 0 Å². The zero-order valence-corrected chi connectivity index (χ0v) is 20.1. The molecule has 1 aliphatic rings. The van der Waals surface area contributed by atoms with Crippen molar-refractivity contribution >= 4 is 50.1 Å². The van der Waals surface area contributed by atoms with Crippen molar-refractivity contribution in [3.8, 4) is 0 Å². The number of carbonyl (C=O) groups is 3. The number of hydrogen-bond donors (Lipinski definition) is 0. The molecule has 0 unspecified atom stereocenters. The number of rotatable bonds is 5. The average molecular weight is 513 g/mol. The maximum atomic E-state index is 13.4. The van der Waals surface area contributed by atoms with Crippen molar-refractivity contribution in [2.75, 3.05) is 18.0 Å². The van der Waals surface area contributed by atoms with Gasteiger partial charge in [0.2, 0.25) is 0 Å². The molecular weight excluding hydrogens is 492 g/mol. The third kappa shape index (κ3) is 3.80. The van der Waals surface area contributed by atoms with Crippen LogP contribution in [0, 0.1) is 6.92 Å². The number of para-hydroxylation sites is 1. The Morgan fingerprint density at radius 1 is 0.824 bits per heavy atom. The van der Waals surface area contributed by atoms with Gasteiger partial charge in [0, 0.05) is 45.3 Å². The lowest BCUT2D eigenvalue weighted by Gasteiger charge is -2.30. The molecule has 34 heavy (non-hydrogen) atoms. The van der Waals surface area contributed by atoms with Crippen molar-refractivity contribution in [3.05, 3.63) is 112 Å². The molecule has 0 aliphatic carbocycles. The SMILES string of the molecule is Cc1ccc(C(=O)N(CCN2C(=O)c3cccc4c(Br)ccc(c34)C2=O)c2ccccc2)cc1. The summed E-state index contributed by atoms with van der Waals surface area (Å²) in [5.74, 6) is -0.886. The highest BCUT2D eigenvalue weighted by Crippen LogP contribution is 2.34. The molecular formula is C28H21BrN2O3. The Kier molecular flexibility index (Phi) is 5.75. The number of benzene rings is 4. The molecule has 6 heteroatoms. The zero-order chi connectivity index (χ0) is 23.8. The maximum Gasteiger partial charge on any atom is 0.261 e. The highest BCUT2D eigenvalue weighted by Gasteiger charge is 2.33. The molecule has 1 heterocycles. The van der Waals surface area contributed by atoms with Gasteiger partial charge >= 0.3 is 0 Å². The number of anilines is 1. The van der Waals surface area contributed by atoms with E-state index >= 15 is 0 Å². The minimum Gasteiger partial charge on any atom is -0.307 e. The summed E-state index contributed by atoms with van der Waals surface area (Å²) in [6, 6.07) is 25.7. The lowest BCUT2D eigenvalue weighted by molar-refractivity contribution is 0.0611. The van der Waals surface area contributed by atoms with Crippen LogP contribution in [0.2, 0.25) is 0 Å². The second-order valence-electron chi connectivity index (χ2n) is 8.24. The van der Waals surface area contributed by atoms with Gasteiger partial charge in [-0.05, 0) is 54.8 Å². The van der Waals surface area contributed by atoms with Crippen LogP contribution in [0.5, 0.6) is 0 Å². The molecule has 0 spiro atoms. The van der Waals surface area contributed by atoms with E-state index in [0.717, 1.165) is 15.4 Å². The van der Waals surface area contributed by atoms with Gasteiger partial charge in [-0.1, -0.05) is 64.0 Å². The highest BCUT2D eigenvalue weighted by atomic mass is 79.9. The number of aryl methyl sites for hydroxylation is 1. The topological polar surface area (TPSA) is 57.7 Å². The predicted molar refractivity (Wildman–Crippen MR) is 136 cm³/mol. The Hall–Kier alpha value is -3.77. The second kappa shape index (κ2) is 8.88. The molecule has 0 fully saturated rings. The van der Waals surface area contributed by atoms with Gasteiger partial charge in [0.15, 0.2) is 0 Å². The van der Waals surface area contributed by atoms with Crippen molar-refractivity contribution in [2.45, 2.75) is 6.92 Å². The van der Waals surface area contributed by atoms with Crippen LogP contribution in [0.1, 0.15) is 36.6 Å². The molecule has 0 N–H and O–H groups in total. The Bertz CT molecular complexity index is 1410. The summed E-state index contributed by atoms with van der Waals surface area (Å²) in [5.41, 5.74) is 3.29. The Morgan fingerprint density at radius 2 is 1.50 bits per heavy atom. The summed E-state index contributed by atoms with van der Waals surface area (Å²) in [5, 5.41) is 1.50.